The van der Waals surface area contributed by atoms with E-state index in [0.29, 0.717) is 13.0 Å². The molecule has 1 atom stereocenters. The van der Waals surface area contributed by atoms with E-state index >= 15 is 0 Å². The lowest BCUT2D eigenvalue weighted by Crippen LogP contribution is -2.41. The van der Waals surface area contributed by atoms with Gasteiger partial charge in [0.15, 0.2) is 0 Å². The molecule has 0 aromatic carbocycles. The van der Waals surface area contributed by atoms with Crippen LogP contribution < -0.4 is 11.1 Å². The van der Waals surface area contributed by atoms with Gasteiger partial charge < -0.3 is 10.0 Å². The number of likely N-dealkylation sites (tertiary alicyclic amines) is 1. The summed E-state index contributed by atoms with van der Waals surface area (Å²) in [5, 5.41) is 11.1. The summed E-state index contributed by atoms with van der Waals surface area (Å²) in [6.45, 7) is 0.188. The van der Waals surface area contributed by atoms with Gasteiger partial charge in [-0.05, 0) is 12.8 Å². The maximum Gasteiger partial charge on any atom is 0.305 e. The molecule has 0 spiro atoms. The third kappa shape index (κ3) is 3.14. The molecule has 1 aliphatic heterocycles. The number of carbonyl (C=O) groups is 2. The van der Waals surface area contributed by atoms with Crippen LogP contribution in [-0.4, -0.2) is 44.3 Å². The highest BCUT2D eigenvalue weighted by atomic mass is 16.4. The molecule has 8 nitrogen and oxygen atoms in total. The average molecular weight is 281 g/mol. The van der Waals surface area contributed by atoms with E-state index in [-0.39, 0.29) is 24.9 Å². The molecule has 2 N–H and O–H groups in total. The zero-order chi connectivity index (χ0) is 14.7. The lowest BCUT2D eigenvalue weighted by atomic mass is 10.1. The number of aliphatic carboxylic acids is 1. The van der Waals surface area contributed by atoms with E-state index in [1.165, 1.54) is 4.90 Å². The number of nitrogens with one attached hydrogen (secondary N) is 1. The maximum absolute atomic E-state index is 12.1. The minimum Gasteiger partial charge on any atom is -0.481 e. The molecule has 1 aromatic rings. The Morgan fingerprint density at radius 1 is 1.35 bits per heavy atom. The number of nitrogens with zero attached hydrogens (tertiary/aromatic N) is 2. The molecule has 0 bridgehead atoms. The van der Waals surface area contributed by atoms with E-state index in [4.69, 9.17) is 5.11 Å². The summed E-state index contributed by atoms with van der Waals surface area (Å²) >= 11 is 0. The molecular weight excluding hydrogens is 266 g/mol. The number of H-pyrrole nitrogens is 1. The summed E-state index contributed by atoms with van der Waals surface area (Å²) < 4.78 is 0.931. The predicted molar refractivity (Wildman–Crippen MR) is 68.3 cm³/mol. The fourth-order valence-electron chi connectivity index (χ4n) is 2.38. The number of carboxylic acid groups (broad SMARTS) is 1. The van der Waals surface area contributed by atoms with E-state index in [0.717, 1.165) is 23.2 Å². The van der Waals surface area contributed by atoms with Gasteiger partial charge in [0.1, 0.15) is 6.54 Å². The highest BCUT2D eigenvalue weighted by Gasteiger charge is 2.30. The number of hydrogen-bond donors (Lipinski definition) is 2. The number of hydrogen-bond acceptors (Lipinski definition) is 4. The van der Waals surface area contributed by atoms with Crippen molar-refractivity contribution < 1.29 is 14.7 Å². The third-order valence-electron chi connectivity index (χ3n) is 3.29. The van der Waals surface area contributed by atoms with E-state index in [1.54, 1.807) is 0 Å². The van der Waals surface area contributed by atoms with Crippen LogP contribution in [0, 0.1) is 0 Å². The van der Waals surface area contributed by atoms with Crippen LogP contribution in [0.25, 0.3) is 0 Å². The molecule has 108 valence electrons. The van der Waals surface area contributed by atoms with Crippen LogP contribution >= 0.6 is 0 Å². The van der Waals surface area contributed by atoms with Gasteiger partial charge in [-0.1, -0.05) is 0 Å². The van der Waals surface area contributed by atoms with Crippen molar-refractivity contribution in [1.29, 1.82) is 0 Å². The van der Waals surface area contributed by atoms with Crippen LogP contribution in [0.4, 0.5) is 0 Å². The Bertz CT molecular complexity index is 632. The first-order chi connectivity index (χ1) is 9.47. The molecule has 1 fully saturated rings. The second kappa shape index (κ2) is 5.72. The van der Waals surface area contributed by atoms with Gasteiger partial charge >= 0.3 is 5.97 Å². The zero-order valence-electron chi connectivity index (χ0n) is 10.7. The zero-order valence-corrected chi connectivity index (χ0v) is 10.7. The van der Waals surface area contributed by atoms with Gasteiger partial charge in [0.25, 0.3) is 11.1 Å². The van der Waals surface area contributed by atoms with Crippen molar-refractivity contribution in [3.8, 4) is 0 Å². The van der Waals surface area contributed by atoms with Gasteiger partial charge in [-0.2, -0.15) is 0 Å². The van der Waals surface area contributed by atoms with E-state index in [9.17, 15) is 19.2 Å². The highest BCUT2D eigenvalue weighted by Crippen LogP contribution is 2.20. The molecule has 8 heteroatoms. The predicted octanol–water partition coefficient (Wildman–Crippen LogP) is -0.998. The Kier molecular flexibility index (Phi) is 4.02. The Balaban J connectivity index is 2.11. The van der Waals surface area contributed by atoms with Gasteiger partial charge in [-0.3, -0.25) is 24.3 Å². The molecule has 0 radical (unpaired) electrons. The summed E-state index contributed by atoms with van der Waals surface area (Å²) in [5.41, 5.74) is -0.951. The molecule has 1 aromatic heterocycles. The maximum atomic E-state index is 12.1. The van der Waals surface area contributed by atoms with Crippen LogP contribution in [0.15, 0.2) is 21.7 Å². The Morgan fingerprint density at radius 3 is 2.80 bits per heavy atom. The Hall–Kier alpha value is -2.38. The fraction of sp³-hybridized carbons (Fsp3) is 0.500. The molecule has 1 aliphatic rings. The number of aromatic amines is 1. The van der Waals surface area contributed by atoms with Crippen LogP contribution in [0.3, 0.4) is 0 Å². The van der Waals surface area contributed by atoms with Gasteiger partial charge in [0.05, 0.1) is 6.42 Å². The summed E-state index contributed by atoms with van der Waals surface area (Å²) in [4.78, 5) is 47.0. The van der Waals surface area contributed by atoms with Crippen molar-refractivity contribution in [3.63, 3.8) is 0 Å². The number of amides is 1. The molecule has 1 unspecified atom stereocenters. The number of rotatable bonds is 4. The molecular formula is C12H15N3O5. The van der Waals surface area contributed by atoms with Crippen molar-refractivity contribution in [2.45, 2.75) is 31.8 Å². The van der Waals surface area contributed by atoms with Crippen LogP contribution in [0.1, 0.15) is 19.3 Å². The average Bonchev–Trinajstić information content (AvgIpc) is 2.81. The number of carbonyl (C=O) groups excluding carboxylic acids is 1. The molecule has 1 saturated heterocycles. The first-order valence-corrected chi connectivity index (χ1v) is 6.29. The molecule has 0 saturated carbocycles. The van der Waals surface area contributed by atoms with Gasteiger partial charge in [-0.25, -0.2) is 4.68 Å². The minimum absolute atomic E-state index is 0.105. The van der Waals surface area contributed by atoms with Gasteiger partial charge in [0.2, 0.25) is 5.91 Å². The summed E-state index contributed by atoms with van der Waals surface area (Å²) in [7, 11) is 0. The minimum atomic E-state index is -0.958. The molecule has 20 heavy (non-hydrogen) atoms. The Labute approximate surface area is 113 Å². The molecule has 2 heterocycles. The highest BCUT2D eigenvalue weighted by molar-refractivity contribution is 5.77. The van der Waals surface area contributed by atoms with Gasteiger partial charge in [0, 0.05) is 24.7 Å². The lowest BCUT2D eigenvalue weighted by Gasteiger charge is -2.23. The van der Waals surface area contributed by atoms with Crippen LogP contribution in [0.2, 0.25) is 0 Å². The lowest BCUT2D eigenvalue weighted by molar-refractivity contribution is -0.140. The van der Waals surface area contributed by atoms with E-state index in [2.05, 4.69) is 5.10 Å². The monoisotopic (exact) mass is 281 g/mol. The van der Waals surface area contributed by atoms with Crippen molar-refractivity contribution in [2.75, 3.05) is 6.54 Å². The Morgan fingerprint density at radius 2 is 2.10 bits per heavy atom. The number of carboxylic acids is 1. The summed E-state index contributed by atoms with van der Waals surface area (Å²) in [6, 6.07) is 1.84. The number of aromatic nitrogens is 2. The summed E-state index contributed by atoms with van der Waals surface area (Å²) in [5.74, 6) is -1.32. The van der Waals surface area contributed by atoms with Crippen LogP contribution in [-0.2, 0) is 16.1 Å². The van der Waals surface area contributed by atoms with E-state index in [1.807, 2.05) is 0 Å². The smallest absolute Gasteiger partial charge is 0.305 e. The van der Waals surface area contributed by atoms with Crippen molar-refractivity contribution in [3.05, 3.63) is 32.8 Å². The summed E-state index contributed by atoms with van der Waals surface area (Å²) in [6.07, 6.45) is 1.27. The standard InChI is InChI=1S/C12H15N3O5/c16-9-3-4-10(17)15(13-9)7-11(18)14-5-1-2-8(14)6-12(19)20/h3-4,8H,1-2,5-7H2,(H,13,16)(H,19,20). The largest absolute Gasteiger partial charge is 0.481 e. The SMILES string of the molecule is O=C(O)CC1CCCN1C(=O)Cn1[nH]c(=O)ccc1=O. The molecule has 0 aliphatic carbocycles. The third-order valence-corrected chi connectivity index (χ3v) is 3.29. The first kappa shape index (κ1) is 14.0. The van der Waals surface area contributed by atoms with E-state index < -0.39 is 17.1 Å². The quantitative estimate of drug-likeness (QED) is 0.735. The van der Waals surface area contributed by atoms with Crippen LogP contribution in [0.5, 0.6) is 0 Å². The normalized spacial score (nSPS) is 18.2. The second-order valence-corrected chi connectivity index (χ2v) is 4.71. The first-order valence-electron chi connectivity index (χ1n) is 6.29. The van der Waals surface area contributed by atoms with Crippen molar-refractivity contribution in [2.24, 2.45) is 0 Å². The molecule has 1 amide bonds. The van der Waals surface area contributed by atoms with Crippen molar-refractivity contribution in [1.82, 2.24) is 14.7 Å². The topological polar surface area (TPSA) is 112 Å². The van der Waals surface area contributed by atoms with Crippen molar-refractivity contribution >= 4 is 11.9 Å². The molecule has 2 rings (SSSR count). The fourth-order valence-corrected chi connectivity index (χ4v) is 2.38. The second-order valence-electron chi connectivity index (χ2n) is 4.71. The van der Waals surface area contributed by atoms with Gasteiger partial charge in [-0.15, -0.1) is 0 Å².